The zero-order valence-corrected chi connectivity index (χ0v) is 13.4. The maximum Gasteiger partial charge on any atom is 0.267 e. The minimum absolute atomic E-state index is 0.313. The predicted molar refractivity (Wildman–Crippen MR) is 89.7 cm³/mol. The van der Waals surface area contributed by atoms with E-state index in [0.717, 1.165) is 16.8 Å². The van der Waals surface area contributed by atoms with E-state index in [9.17, 15) is 9.18 Å². The number of carbonyl (C=O) groups is 1. The highest BCUT2D eigenvalue weighted by atomic mass is 19.1. The molecule has 1 amide bonds. The summed E-state index contributed by atoms with van der Waals surface area (Å²) in [6, 6.07) is 7.97. The molecule has 25 heavy (non-hydrogen) atoms. The first kappa shape index (κ1) is 15.3. The van der Waals surface area contributed by atoms with Gasteiger partial charge in [0.05, 0.1) is 5.69 Å². The zero-order valence-electron chi connectivity index (χ0n) is 13.4. The highest BCUT2D eigenvalue weighted by molar-refractivity contribution is 5.95. The number of nitrogens with zero attached hydrogens (tertiary/aromatic N) is 2. The fourth-order valence-corrected chi connectivity index (χ4v) is 2.88. The maximum absolute atomic E-state index is 13.3. The Morgan fingerprint density at radius 2 is 2.12 bits per heavy atom. The summed E-state index contributed by atoms with van der Waals surface area (Å²) in [4.78, 5) is 16.5. The van der Waals surface area contributed by atoms with Gasteiger partial charge >= 0.3 is 0 Å². The average molecular weight is 338 g/mol. The number of aromatic amines is 1. The van der Waals surface area contributed by atoms with Gasteiger partial charge in [-0.2, -0.15) is 5.10 Å². The fraction of sp³-hybridized carbons (Fsp3) is 0.167. The van der Waals surface area contributed by atoms with Gasteiger partial charge in [0.1, 0.15) is 11.6 Å². The number of benzene rings is 1. The molecule has 0 radical (unpaired) electrons. The molecule has 3 aromatic rings. The van der Waals surface area contributed by atoms with Crippen LogP contribution in [0.2, 0.25) is 0 Å². The Bertz CT molecular complexity index is 940. The SMILES string of the molecule is Cc1c(NC(=O)C2Cc3cc(F)ccc3O2)n[nH]c1-c1ccncc1. The topological polar surface area (TPSA) is 79.9 Å². The van der Waals surface area contributed by atoms with Gasteiger partial charge in [-0.25, -0.2) is 4.39 Å². The lowest BCUT2D eigenvalue weighted by molar-refractivity contribution is -0.122. The lowest BCUT2D eigenvalue weighted by Gasteiger charge is -2.10. The molecule has 1 aromatic carbocycles. The van der Waals surface area contributed by atoms with Crippen molar-refractivity contribution in [3.63, 3.8) is 0 Å². The lowest BCUT2D eigenvalue weighted by atomic mass is 10.1. The van der Waals surface area contributed by atoms with Gasteiger partial charge < -0.3 is 10.1 Å². The van der Waals surface area contributed by atoms with Crippen molar-refractivity contribution in [3.8, 4) is 17.0 Å². The maximum atomic E-state index is 13.3. The molecule has 0 saturated carbocycles. The van der Waals surface area contributed by atoms with E-state index in [1.165, 1.54) is 12.1 Å². The van der Waals surface area contributed by atoms with E-state index in [4.69, 9.17) is 4.74 Å². The molecule has 1 atom stereocenters. The molecular weight excluding hydrogens is 323 g/mol. The summed E-state index contributed by atoms with van der Waals surface area (Å²) in [5, 5.41) is 9.88. The minimum Gasteiger partial charge on any atom is -0.480 e. The first-order valence-corrected chi connectivity index (χ1v) is 7.83. The molecule has 0 aliphatic carbocycles. The van der Waals surface area contributed by atoms with Gasteiger partial charge in [0, 0.05) is 35.5 Å². The molecule has 126 valence electrons. The molecule has 1 aliphatic rings. The van der Waals surface area contributed by atoms with Crippen LogP contribution in [0.25, 0.3) is 11.3 Å². The molecule has 3 heterocycles. The van der Waals surface area contributed by atoms with Crippen molar-refractivity contribution in [1.82, 2.24) is 15.2 Å². The summed E-state index contributed by atoms with van der Waals surface area (Å²) in [6.45, 7) is 1.87. The summed E-state index contributed by atoms with van der Waals surface area (Å²) < 4.78 is 18.9. The van der Waals surface area contributed by atoms with Crippen LogP contribution in [0.4, 0.5) is 10.2 Å². The van der Waals surface area contributed by atoms with E-state index in [0.29, 0.717) is 23.6 Å². The number of halogens is 1. The average Bonchev–Trinajstić information content (AvgIpc) is 3.19. The van der Waals surface area contributed by atoms with E-state index >= 15 is 0 Å². The number of amides is 1. The van der Waals surface area contributed by atoms with Crippen molar-refractivity contribution < 1.29 is 13.9 Å². The second-order valence-corrected chi connectivity index (χ2v) is 5.86. The summed E-state index contributed by atoms with van der Waals surface area (Å²) in [5.74, 6) is 0.335. The standard InChI is InChI=1S/C18H15FN4O2/c1-10-16(11-4-6-20-7-5-11)22-23-17(10)21-18(24)15-9-12-8-13(19)2-3-14(12)25-15/h2-8,15H,9H2,1H3,(H2,21,22,23,24). The van der Waals surface area contributed by atoms with E-state index in [1.807, 2.05) is 19.1 Å². The monoisotopic (exact) mass is 338 g/mol. The van der Waals surface area contributed by atoms with Gasteiger partial charge in [-0.05, 0) is 37.3 Å². The van der Waals surface area contributed by atoms with Gasteiger partial charge in [0.25, 0.3) is 5.91 Å². The largest absolute Gasteiger partial charge is 0.480 e. The summed E-state index contributed by atoms with van der Waals surface area (Å²) in [5.41, 5.74) is 3.26. The molecule has 2 aromatic heterocycles. The van der Waals surface area contributed by atoms with Crippen LogP contribution in [-0.2, 0) is 11.2 Å². The fourth-order valence-electron chi connectivity index (χ4n) is 2.88. The molecule has 0 saturated heterocycles. The van der Waals surface area contributed by atoms with Crippen LogP contribution in [0.5, 0.6) is 5.75 Å². The predicted octanol–water partition coefficient (Wildman–Crippen LogP) is 2.86. The molecular formula is C18H15FN4O2. The molecule has 0 fully saturated rings. The summed E-state index contributed by atoms with van der Waals surface area (Å²) in [6.07, 6.45) is 3.02. The quantitative estimate of drug-likeness (QED) is 0.769. The molecule has 4 rings (SSSR count). The highest BCUT2D eigenvalue weighted by Gasteiger charge is 2.30. The minimum atomic E-state index is -0.697. The number of H-pyrrole nitrogens is 1. The van der Waals surface area contributed by atoms with Crippen LogP contribution in [0.15, 0.2) is 42.7 Å². The van der Waals surface area contributed by atoms with E-state index < -0.39 is 6.10 Å². The first-order chi connectivity index (χ1) is 12.1. The molecule has 1 unspecified atom stereocenters. The van der Waals surface area contributed by atoms with Gasteiger partial charge in [0.2, 0.25) is 0 Å². The second-order valence-electron chi connectivity index (χ2n) is 5.86. The number of hydrogen-bond donors (Lipinski definition) is 2. The Kier molecular flexibility index (Phi) is 3.68. The molecule has 6 nitrogen and oxygen atoms in total. The lowest BCUT2D eigenvalue weighted by Crippen LogP contribution is -2.31. The van der Waals surface area contributed by atoms with E-state index in [1.54, 1.807) is 18.5 Å². The summed E-state index contributed by atoms with van der Waals surface area (Å²) in [7, 11) is 0. The van der Waals surface area contributed by atoms with Crippen LogP contribution >= 0.6 is 0 Å². The smallest absolute Gasteiger partial charge is 0.267 e. The van der Waals surface area contributed by atoms with Gasteiger partial charge in [-0.1, -0.05) is 0 Å². The first-order valence-electron chi connectivity index (χ1n) is 7.83. The van der Waals surface area contributed by atoms with Crippen molar-refractivity contribution in [1.29, 1.82) is 0 Å². The summed E-state index contributed by atoms with van der Waals surface area (Å²) >= 11 is 0. The number of fused-ring (bicyclic) bond motifs is 1. The van der Waals surface area contributed by atoms with E-state index in [-0.39, 0.29) is 11.7 Å². The van der Waals surface area contributed by atoms with Crippen LogP contribution in [0.3, 0.4) is 0 Å². The van der Waals surface area contributed by atoms with Gasteiger partial charge in [-0.15, -0.1) is 0 Å². The number of ether oxygens (including phenoxy) is 1. The molecule has 7 heteroatoms. The third-order valence-corrected chi connectivity index (χ3v) is 4.21. The van der Waals surface area contributed by atoms with Crippen LogP contribution in [0, 0.1) is 12.7 Å². The number of hydrogen-bond acceptors (Lipinski definition) is 4. The van der Waals surface area contributed by atoms with E-state index in [2.05, 4.69) is 20.5 Å². The Hall–Kier alpha value is -3.22. The van der Waals surface area contributed by atoms with Crippen LogP contribution < -0.4 is 10.1 Å². The van der Waals surface area contributed by atoms with Crippen LogP contribution in [0.1, 0.15) is 11.1 Å². The Morgan fingerprint density at radius 1 is 1.32 bits per heavy atom. The third-order valence-electron chi connectivity index (χ3n) is 4.21. The van der Waals surface area contributed by atoms with Gasteiger partial charge in [0.15, 0.2) is 11.9 Å². The number of pyridine rings is 1. The van der Waals surface area contributed by atoms with Crippen molar-refractivity contribution >= 4 is 11.7 Å². The molecule has 0 spiro atoms. The third kappa shape index (κ3) is 2.84. The van der Waals surface area contributed by atoms with Crippen molar-refractivity contribution in [2.24, 2.45) is 0 Å². The van der Waals surface area contributed by atoms with Crippen molar-refractivity contribution in [2.75, 3.05) is 5.32 Å². The number of nitrogens with one attached hydrogen (secondary N) is 2. The Balaban J connectivity index is 1.50. The van der Waals surface area contributed by atoms with Crippen molar-refractivity contribution in [2.45, 2.75) is 19.4 Å². The number of rotatable bonds is 3. The number of anilines is 1. The molecule has 1 aliphatic heterocycles. The number of aromatic nitrogens is 3. The Morgan fingerprint density at radius 3 is 2.92 bits per heavy atom. The second kappa shape index (κ2) is 6.01. The highest BCUT2D eigenvalue weighted by Crippen LogP contribution is 2.30. The normalized spacial score (nSPS) is 15.5. The van der Waals surface area contributed by atoms with Gasteiger partial charge in [-0.3, -0.25) is 14.9 Å². The molecule has 0 bridgehead atoms. The molecule has 2 N–H and O–H groups in total. The number of carbonyl (C=O) groups excluding carboxylic acids is 1. The zero-order chi connectivity index (χ0) is 17.4. The Labute approximate surface area is 143 Å². The van der Waals surface area contributed by atoms with Crippen LogP contribution in [-0.4, -0.2) is 27.2 Å². The van der Waals surface area contributed by atoms with Crippen molar-refractivity contribution in [3.05, 3.63) is 59.7 Å².